The van der Waals surface area contributed by atoms with Crippen molar-refractivity contribution in [2.24, 2.45) is 16.8 Å². The van der Waals surface area contributed by atoms with E-state index < -0.39 is 10.2 Å². The molecule has 0 aromatic heterocycles. The molecule has 5 nitrogen and oxygen atoms in total. The zero-order valence-corrected chi connectivity index (χ0v) is 10.3. The molecule has 94 valence electrons. The monoisotopic (exact) mass is 255 g/mol. The molecule has 0 unspecified atom stereocenters. The summed E-state index contributed by atoms with van der Waals surface area (Å²) in [7, 11) is -3.61. The SMILES string of the molecule is NC[C@@H]1CN(S(N)(=O)=O)C[C@H]1c1ccccc1. The van der Waals surface area contributed by atoms with Crippen molar-refractivity contribution >= 4 is 10.2 Å². The number of hydrogen-bond donors (Lipinski definition) is 2. The van der Waals surface area contributed by atoms with E-state index >= 15 is 0 Å². The Bertz CT molecular complexity index is 475. The molecule has 17 heavy (non-hydrogen) atoms. The van der Waals surface area contributed by atoms with Crippen molar-refractivity contribution in [1.29, 1.82) is 0 Å². The van der Waals surface area contributed by atoms with Gasteiger partial charge in [-0.15, -0.1) is 0 Å². The van der Waals surface area contributed by atoms with E-state index in [0.29, 0.717) is 19.6 Å². The van der Waals surface area contributed by atoms with Crippen LogP contribution in [0, 0.1) is 5.92 Å². The van der Waals surface area contributed by atoms with Crippen LogP contribution >= 0.6 is 0 Å². The van der Waals surface area contributed by atoms with Crippen LogP contribution in [0.25, 0.3) is 0 Å². The number of nitrogens with zero attached hydrogens (tertiary/aromatic N) is 1. The average Bonchev–Trinajstić information content (AvgIpc) is 2.73. The van der Waals surface area contributed by atoms with Gasteiger partial charge in [0.05, 0.1) is 0 Å². The van der Waals surface area contributed by atoms with Crippen LogP contribution < -0.4 is 10.9 Å². The first-order valence-corrected chi connectivity index (χ1v) is 7.05. The highest BCUT2D eigenvalue weighted by Gasteiger charge is 2.37. The minimum absolute atomic E-state index is 0.135. The predicted molar refractivity (Wildman–Crippen MR) is 66.4 cm³/mol. The third-order valence-electron chi connectivity index (χ3n) is 3.30. The highest BCUT2D eigenvalue weighted by atomic mass is 32.2. The number of benzene rings is 1. The van der Waals surface area contributed by atoms with E-state index in [-0.39, 0.29) is 11.8 Å². The van der Waals surface area contributed by atoms with Crippen LogP contribution in [0.2, 0.25) is 0 Å². The van der Waals surface area contributed by atoms with Crippen LogP contribution in [0.5, 0.6) is 0 Å². The highest BCUT2D eigenvalue weighted by molar-refractivity contribution is 7.86. The second-order valence-corrected chi connectivity index (χ2v) is 5.92. The fourth-order valence-corrected chi connectivity index (χ4v) is 3.12. The molecule has 1 saturated heterocycles. The summed E-state index contributed by atoms with van der Waals surface area (Å²) in [5, 5.41) is 5.16. The molecule has 1 fully saturated rings. The molecule has 1 aromatic carbocycles. The van der Waals surface area contributed by atoms with Gasteiger partial charge in [0.1, 0.15) is 0 Å². The summed E-state index contributed by atoms with van der Waals surface area (Å²) < 4.78 is 24.0. The quantitative estimate of drug-likeness (QED) is 0.788. The first-order chi connectivity index (χ1) is 8.02. The maximum atomic E-state index is 11.3. The second kappa shape index (κ2) is 4.73. The van der Waals surface area contributed by atoms with Gasteiger partial charge in [-0.3, -0.25) is 0 Å². The van der Waals surface area contributed by atoms with Crippen LogP contribution in [0.15, 0.2) is 30.3 Å². The Hall–Kier alpha value is -0.950. The van der Waals surface area contributed by atoms with Gasteiger partial charge in [-0.25, -0.2) is 5.14 Å². The molecule has 0 saturated carbocycles. The fourth-order valence-electron chi connectivity index (χ4n) is 2.36. The van der Waals surface area contributed by atoms with Crippen molar-refractivity contribution in [2.45, 2.75) is 5.92 Å². The van der Waals surface area contributed by atoms with Crippen molar-refractivity contribution in [3.63, 3.8) is 0 Å². The fraction of sp³-hybridized carbons (Fsp3) is 0.455. The maximum Gasteiger partial charge on any atom is 0.276 e. The first kappa shape index (κ1) is 12.5. The number of rotatable bonds is 3. The topological polar surface area (TPSA) is 89.4 Å². The third-order valence-corrected chi connectivity index (χ3v) is 4.32. The molecule has 4 N–H and O–H groups in total. The Morgan fingerprint density at radius 3 is 2.41 bits per heavy atom. The Labute approximate surface area is 102 Å². The van der Waals surface area contributed by atoms with Gasteiger partial charge in [-0.2, -0.15) is 12.7 Å². The molecule has 1 heterocycles. The van der Waals surface area contributed by atoms with E-state index in [2.05, 4.69) is 0 Å². The Morgan fingerprint density at radius 1 is 1.24 bits per heavy atom. The van der Waals surface area contributed by atoms with Crippen molar-refractivity contribution in [3.05, 3.63) is 35.9 Å². The lowest BCUT2D eigenvalue weighted by molar-refractivity contribution is 0.460. The smallest absolute Gasteiger partial charge is 0.276 e. The van der Waals surface area contributed by atoms with Gasteiger partial charge in [0.15, 0.2) is 0 Å². The molecule has 0 aliphatic carbocycles. The lowest BCUT2D eigenvalue weighted by Crippen LogP contribution is -2.35. The molecule has 1 aromatic rings. The highest BCUT2D eigenvalue weighted by Crippen LogP contribution is 2.32. The van der Waals surface area contributed by atoms with Crippen molar-refractivity contribution in [3.8, 4) is 0 Å². The first-order valence-electron chi connectivity index (χ1n) is 5.55. The molecule has 1 aliphatic heterocycles. The summed E-state index contributed by atoms with van der Waals surface area (Å²) in [6.45, 7) is 1.30. The van der Waals surface area contributed by atoms with Gasteiger partial charge in [0.2, 0.25) is 0 Å². The maximum absolute atomic E-state index is 11.3. The van der Waals surface area contributed by atoms with E-state index in [4.69, 9.17) is 10.9 Å². The van der Waals surface area contributed by atoms with E-state index in [0.717, 1.165) is 5.56 Å². The summed E-state index contributed by atoms with van der Waals surface area (Å²) in [5.74, 6) is 0.273. The van der Waals surface area contributed by atoms with Gasteiger partial charge >= 0.3 is 0 Å². The van der Waals surface area contributed by atoms with Gasteiger partial charge in [-0.05, 0) is 18.0 Å². The lowest BCUT2D eigenvalue weighted by Gasteiger charge is -2.16. The third kappa shape index (κ3) is 2.66. The molecule has 0 amide bonds. The Morgan fingerprint density at radius 2 is 1.88 bits per heavy atom. The molecule has 0 radical (unpaired) electrons. The molecule has 6 heteroatoms. The second-order valence-electron chi connectivity index (χ2n) is 4.37. The van der Waals surface area contributed by atoms with Crippen LogP contribution in [0.3, 0.4) is 0 Å². The van der Waals surface area contributed by atoms with Crippen molar-refractivity contribution in [2.75, 3.05) is 19.6 Å². The van der Waals surface area contributed by atoms with E-state index in [1.54, 1.807) is 0 Å². The molecule has 1 aliphatic rings. The predicted octanol–water partition coefficient (Wildman–Crippen LogP) is -0.136. The molecule has 2 rings (SSSR count). The zero-order valence-electron chi connectivity index (χ0n) is 9.49. The number of hydrogen-bond acceptors (Lipinski definition) is 3. The standard InChI is InChI=1S/C11H17N3O2S/c12-6-10-7-14(17(13,15)16)8-11(10)9-4-2-1-3-5-9/h1-5,10-11H,6-8,12H2,(H2,13,15,16)/t10-,11+/m1/s1. The number of nitrogens with two attached hydrogens (primary N) is 2. The average molecular weight is 255 g/mol. The zero-order chi connectivity index (χ0) is 12.5. The Kier molecular flexibility index (Phi) is 3.48. The van der Waals surface area contributed by atoms with E-state index in [1.807, 2.05) is 30.3 Å². The van der Waals surface area contributed by atoms with Gasteiger partial charge < -0.3 is 5.73 Å². The van der Waals surface area contributed by atoms with Gasteiger partial charge in [0.25, 0.3) is 10.2 Å². The van der Waals surface area contributed by atoms with Crippen molar-refractivity contribution in [1.82, 2.24) is 4.31 Å². The summed E-state index contributed by atoms with van der Waals surface area (Å²) >= 11 is 0. The van der Waals surface area contributed by atoms with Crippen LogP contribution in [0.4, 0.5) is 0 Å². The molecular formula is C11H17N3O2S. The molecule has 2 atom stereocenters. The largest absolute Gasteiger partial charge is 0.330 e. The van der Waals surface area contributed by atoms with Crippen molar-refractivity contribution < 1.29 is 8.42 Å². The summed E-state index contributed by atoms with van der Waals surface area (Å²) in [4.78, 5) is 0. The van der Waals surface area contributed by atoms with Gasteiger partial charge in [0, 0.05) is 19.0 Å². The lowest BCUT2D eigenvalue weighted by atomic mass is 9.89. The molecule has 0 spiro atoms. The van der Waals surface area contributed by atoms with Crippen LogP contribution in [-0.2, 0) is 10.2 Å². The van der Waals surface area contributed by atoms with E-state index in [9.17, 15) is 8.42 Å². The summed E-state index contributed by atoms with van der Waals surface area (Å²) in [6.07, 6.45) is 0. The van der Waals surface area contributed by atoms with Crippen LogP contribution in [0.1, 0.15) is 11.5 Å². The molecular weight excluding hydrogens is 238 g/mol. The minimum atomic E-state index is -3.61. The van der Waals surface area contributed by atoms with E-state index in [1.165, 1.54) is 4.31 Å². The Balaban J connectivity index is 2.24. The molecule has 0 bridgehead atoms. The summed E-state index contributed by atoms with van der Waals surface area (Å²) in [6, 6.07) is 9.83. The van der Waals surface area contributed by atoms with Gasteiger partial charge in [-0.1, -0.05) is 30.3 Å². The summed E-state index contributed by atoms with van der Waals surface area (Å²) in [5.41, 5.74) is 6.82. The normalized spacial score (nSPS) is 26.2. The minimum Gasteiger partial charge on any atom is -0.330 e. The van der Waals surface area contributed by atoms with Crippen LogP contribution in [-0.4, -0.2) is 32.4 Å².